The number of hydrogen-bond donors (Lipinski definition) is 0. The number of ether oxygens (including phenoxy) is 1. The number of nitriles is 1. The molecule has 0 unspecified atom stereocenters. The molecule has 0 saturated carbocycles. The lowest BCUT2D eigenvalue weighted by Crippen LogP contribution is -2.43. The molecule has 0 saturated heterocycles. The first-order valence-electron chi connectivity index (χ1n) is 14.1. The van der Waals surface area contributed by atoms with Crippen LogP contribution in [-0.4, -0.2) is 39.6 Å². The summed E-state index contributed by atoms with van der Waals surface area (Å²) in [6, 6.07) is 19.5. The van der Waals surface area contributed by atoms with Crippen molar-refractivity contribution in [2.75, 3.05) is 13.2 Å². The van der Waals surface area contributed by atoms with E-state index in [0.29, 0.717) is 42.0 Å². The third kappa shape index (κ3) is 6.40. The molecule has 3 aromatic rings. The second-order valence-corrected chi connectivity index (χ2v) is 9.93. The average molecular weight is 537 g/mol. The van der Waals surface area contributed by atoms with E-state index in [9.17, 15) is 14.9 Å². The van der Waals surface area contributed by atoms with Crippen LogP contribution in [0.5, 0.6) is 5.75 Å². The van der Waals surface area contributed by atoms with E-state index in [4.69, 9.17) is 9.84 Å². The van der Waals surface area contributed by atoms with Gasteiger partial charge < -0.3 is 4.74 Å². The maximum atomic E-state index is 13.6. The van der Waals surface area contributed by atoms with Crippen LogP contribution in [0.25, 0.3) is 23.0 Å². The van der Waals surface area contributed by atoms with Gasteiger partial charge in [0.05, 0.1) is 18.0 Å². The highest BCUT2D eigenvalue weighted by atomic mass is 16.5. The number of carbonyl (C=O) groups excluding carboxylic acids is 2. The zero-order chi connectivity index (χ0) is 28.5. The Bertz CT molecular complexity index is 1440. The number of hydrogen-bond acceptors (Lipinski definition) is 5. The van der Waals surface area contributed by atoms with Gasteiger partial charge in [-0.2, -0.15) is 10.4 Å². The predicted octanol–water partition coefficient (Wildman–Crippen LogP) is 6.89. The van der Waals surface area contributed by atoms with Crippen molar-refractivity contribution in [1.82, 2.24) is 14.7 Å². The summed E-state index contributed by atoms with van der Waals surface area (Å²) in [7, 11) is 0. The molecule has 2 amide bonds. The Hall–Kier alpha value is -4.44. The van der Waals surface area contributed by atoms with Crippen molar-refractivity contribution < 1.29 is 14.3 Å². The van der Waals surface area contributed by atoms with Crippen molar-refractivity contribution in [3.8, 4) is 28.8 Å². The van der Waals surface area contributed by atoms with E-state index >= 15 is 0 Å². The molecule has 7 nitrogen and oxygen atoms in total. The summed E-state index contributed by atoms with van der Waals surface area (Å²) >= 11 is 0. The van der Waals surface area contributed by atoms with Crippen molar-refractivity contribution in [1.29, 1.82) is 5.26 Å². The molecule has 0 bridgehead atoms. The van der Waals surface area contributed by atoms with E-state index in [1.54, 1.807) is 17.7 Å². The van der Waals surface area contributed by atoms with Crippen LogP contribution >= 0.6 is 0 Å². The molecule has 0 N–H and O–H groups in total. The molecular formula is C33H36N4O3. The Morgan fingerprint density at radius 1 is 0.925 bits per heavy atom. The van der Waals surface area contributed by atoms with Crippen LogP contribution in [0.4, 0.5) is 0 Å². The quantitative estimate of drug-likeness (QED) is 0.143. The highest BCUT2D eigenvalue weighted by molar-refractivity contribution is 6.19. The molecule has 0 fully saturated rings. The number of carbonyl (C=O) groups is 2. The number of nitrogens with zero attached hydrogens (tertiary/aromatic N) is 4. The first kappa shape index (κ1) is 28.6. The minimum atomic E-state index is -0.516. The summed E-state index contributed by atoms with van der Waals surface area (Å²) in [5, 5.41) is 14.7. The molecule has 0 radical (unpaired) electrons. The monoisotopic (exact) mass is 536 g/mol. The lowest BCUT2D eigenvalue weighted by molar-refractivity contribution is -0.140. The average Bonchev–Trinajstić information content (AvgIpc) is 3.40. The fourth-order valence-corrected chi connectivity index (χ4v) is 4.66. The van der Waals surface area contributed by atoms with E-state index in [1.807, 2.05) is 66.9 Å². The van der Waals surface area contributed by atoms with Crippen LogP contribution in [0.15, 0.2) is 77.5 Å². The van der Waals surface area contributed by atoms with Crippen molar-refractivity contribution in [3.63, 3.8) is 0 Å². The standard InChI is InChI=1S/C33H36N4O3/c1-4-6-8-12-19-36-32(38)29(24(3)30(22-34)33(36)39)21-26-23-37(27-13-10-9-11-14-27)35-31(26)25-15-17-28(18-16-25)40-20-7-5-2/h9-11,13-18,21,23H,4-8,12,19-20H2,1-3H3/b29-21+. The summed E-state index contributed by atoms with van der Waals surface area (Å²) in [5.41, 5.74) is 3.86. The van der Waals surface area contributed by atoms with Gasteiger partial charge in [-0.3, -0.25) is 14.5 Å². The highest BCUT2D eigenvalue weighted by Gasteiger charge is 2.35. The Labute approximate surface area is 236 Å². The molecule has 2 aromatic carbocycles. The Balaban J connectivity index is 1.76. The Morgan fingerprint density at radius 2 is 1.65 bits per heavy atom. The van der Waals surface area contributed by atoms with Gasteiger partial charge in [0.15, 0.2) is 0 Å². The zero-order valence-corrected chi connectivity index (χ0v) is 23.5. The molecule has 1 aromatic heterocycles. The predicted molar refractivity (Wildman–Crippen MR) is 157 cm³/mol. The van der Waals surface area contributed by atoms with Crippen molar-refractivity contribution in [2.24, 2.45) is 0 Å². The molecule has 0 spiro atoms. The van der Waals surface area contributed by atoms with Gasteiger partial charge in [-0.1, -0.05) is 57.7 Å². The summed E-state index contributed by atoms with van der Waals surface area (Å²) in [5.74, 6) is -0.106. The van der Waals surface area contributed by atoms with Crippen LogP contribution in [0.2, 0.25) is 0 Å². The number of amides is 2. The summed E-state index contributed by atoms with van der Waals surface area (Å²) in [4.78, 5) is 27.9. The second-order valence-electron chi connectivity index (χ2n) is 9.93. The molecule has 40 heavy (non-hydrogen) atoms. The van der Waals surface area contributed by atoms with Crippen LogP contribution in [0.1, 0.15) is 64.9 Å². The number of benzene rings is 2. The molecular weight excluding hydrogens is 500 g/mol. The van der Waals surface area contributed by atoms with E-state index in [0.717, 1.165) is 49.1 Å². The number of imide groups is 1. The third-order valence-electron chi connectivity index (χ3n) is 7.02. The lowest BCUT2D eigenvalue weighted by Gasteiger charge is -2.27. The minimum Gasteiger partial charge on any atom is -0.494 e. The second kappa shape index (κ2) is 13.6. The van der Waals surface area contributed by atoms with Crippen molar-refractivity contribution in [3.05, 3.63) is 83.1 Å². The number of unbranched alkanes of at least 4 members (excludes halogenated alkanes) is 4. The van der Waals surface area contributed by atoms with Gasteiger partial charge in [0, 0.05) is 29.4 Å². The van der Waals surface area contributed by atoms with Gasteiger partial charge in [0.25, 0.3) is 11.8 Å². The fraction of sp³-hybridized carbons (Fsp3) is 0.333. The van der Waals surface area contributed by atoms with Crippen LogP contribution in [0.3, 0.4) is 0 Å². The Kier molecular flexibility index (Phi) is 9.69. The van der Waals surface area contributed by atoms with E-state index in [-0.39, 0.29) is 11.5 Å². The molecule has 0 aliphatic carbocycles. The molecule has 4 rings (SSSR count). The van der Waals surface area contributed by atoms with Gasteiger partial charge in [-0.25, -0.2) is 4.68 Å². The SMILES string of the molecule is CCCCCCN1C(=O)C(C#N)=C(C)/C(=C\c2cn(-c3ccccc3)nc2-c2ccc(OCCCC)cc2)C1=O. The van der Waals surface area contributed by atoms with Gasteiger partial charge >= 0.3 is 0 Å². The van der Waals surface area contributed by atoms with Crippen LogP contribution < -0.4 is 4.74 Å². The smallest absolute Gasteiger partial charge is 0.271 e. The summed E-state index contributed by atoms with van der Waals surface area (Å²) in [6.45, 7) is 6.86. The first-order chi connectivity index (χ1) is 19.5. The largest absolute Gasteiger partial charge is 0.494 e. The van der Waals surface area contributed by atoms with Gasteiger partial charge in [0.1, 0.15) is 17.4 Å². The van der Waals surface area contributed by atoms with E-state index in [1.165, 1.54) is 4.90 Å². The topological polar surface area (TPSA) is 88.2 Å². The van der Waals surface area contributed by atoms with Crippen LogP contribution in [0, 0.1) is 11.3 Å². The van der Waals surface area contributed by atoms with Gasteiger partial charge in [-0.05, 0) is 67.8 Å². The molecule has 2 heterocycles. The van der Waals surface area contributed by atoms with Crippen molar-refractivity contribution >= 4 is 17.9 Å². The maximum Gasteiger partial charge on any atom is 0.271 e. The molecule has 7 heteroatoms. The zero-order valence-electron chi connectivity index (χ0n) is 23.5. The van der Waals surface area contributed by atoms with Crippen molar-refractivity contribution in [2.45, 2.75) is 59.3 Å². The third-order valence-corrected chi connectivity index (χ3v) is 7.02. The van der Waals surface area contributed by atoms with E-state index in [2.05, 4.69) is 13.8 Å². The summed E-state index contributed by atoms with van der Waals surface area (Å²) in [6.07, 6.45) is 9.40. The summed E-state index contributed by atoms with van der Waals surface area (Å²) < 4.78 is 7.61. The van der Waals surface area contributed by atoms with E-state index < -0.39 is 5.91 Å². The number of aromatic nitrogens is 2. The van der Waals surface area contributed by atoms with Gasteiger partial charge in [-0.15, -0.1) is 0 Å². The van der Waals surface area contributed by atoms with Crippen LogP contribution in [-0.2, 0) is 9.59 Å². The molecule has 0 atom stereocenters. The Morgan fingerprint density at radius 3 is 2.33 bits per heavy atom. The molecule has 1 aliphatic heterocycles. The minimum absolute atomic E-state index is 0.00641. The normalized spacial score (nSPS) is 14.7. The highest BCUT2D eigenvalue weighted by Crippen LogP contribution is 2.32. The van der Waals surface area contributed by atoms with Gasteiger partial charge in [0.2, 0.25) is 0 Å². The molecule has 1 aliphatic rings. The lowest BCUT2D eigenvalue weighted by atomic mass is 9.93. The number of para-hydroxylation sites is 1. The fourth-order valence-electron chi connectivity index (χ4n) is 4.66. The first-order valence-corrected chi connectivity index (χ1v) is 14.1. The number of rotatable bonds is 12. The maximum absolute atomic E-state index is 13.6. The molecule has 206 valence electrons.